The smallest absolute Gasteiger partial charge is 0.251 e. The Balaban J connectivity index is 3.15. The number of halogens is 2. The second-order valence-corrected chi connectivity index (χ2v) is 3.48. The summed E-state index contributed by atoms with van der Waals surface area (Å²) in [5.41, 5.74) is 0.120. The van der Waals surface area contributed by atoms with Gasteiger partial charge in [0.1, 0.15) is 11.6 Å². The number of fused-ring (bicyclic) bond motifs is 1. The Morgan fingerprint density at radius 1 is 1.20 bits per heavy atom. The first-order valence-corrected chi connectivity index (χ1v) is 4.46. The molecular weight excluding hydrogens is 200 g/mol. The summed E-state index contributed by atoms with van der Waals surface area (Å²) in [6.07, 6.45) is 0. The van der Waals surface area contributed by atoms with E-state index in [1.165, 1.54) is 13.1 Å². The molecule has 0 bridgehead atoms. The van der Waals surface area contributed by atoms with Gasteiger partial charge in [0.2, 0.25) is 0 Å². The van der Waals surface area contributed by atoms with Crippen molar-refractivity contribution in [2.24, 2.45) is 7.05 Å². The number of hydrogen-bond donors (Lipinski definition) is 0. The molecule has 0 aliphatic heterocycles. The first-order chi connectivity index (χ1) is 7.02. The number of hydrogen-bond acceptors (Lipinski definition) is 1. The highest BCUT2D eigenvalue weighted by atomic mass is 19.1. The van der Waals surface area contributed by atoms with Crippen LogP contribution in [-0.2, 0) is 7.05 Å². The van der Waals surface area contributed by atoms with Crippen LogP contribution < -0.4 is 5.56 Å². The maximum absolute atomic E-state index is 13.5. The minimum absolute atomic E-state index is 0.0139. The summed E-state index contributed by atoms with van der Waals surface area (Å²) in [5.74, 6) is -1.10. The Kier molecular flexibility index (Phi) is 2.07. The van der Waals surface area contributed by atoms with Crippen molar-refractivity contribution in [2.45, 2.75) is 6.92 Å². The highest BCUT2D eigenvalue weighted by Gasteiger charge is 2.12. The van der Waals surface area contributed by atoms with E-state index in [0.717, 1.165) is 16.7 Å². The maximum Gasteiger partial charge on any atom is 0.251 e. The van der Waals surface area contributed by atoms with Gasteiger partial charge in [0.05, 0.1) is 5.52 Å². The Bertz CT molecular complexity index is 602. The number of nitrogens with zero attached hydrogens (tertiary/aromatic N) is 1. The molecule has 1 aromatic carbocycles. The molecule has 2 rings (SSSR count). The van der Waals surface area contributed by atoms with Crippen LogP contribution in [0.1, 0.15) is 5.56 Å². The molecule has 15 heavy (non-hydrogen) atoms. The van der Waals surface area contributed by atoms with E-state index in [-0.39, 0.29) is 16.5 Å². The summed E-state index contributed by atoms with van der Waals surface area (Å²) in [4.78, 5) is 11.4. The summed E-state index contributed by atoms with van der Waals surface area (Å²) in [5, 5.41) is 0.164. The van der Waals surface area contributed by atoms with Gasteiger partial charge in [0.25, 0.3) is 5.56 Å². The van der Waals surface area contributed by atoms with E-state index in [1.54, 1.807) is 6.92 Å². The molecule has 0 amide bonds. The number of rotatable bonds is 0. The van der Waals surface area contributed by atoms with Gasteiger partial charge in [-0.3, -0.25) is 4.79 Å². The van der Waals surface area contributed by atoms with Crippen LogP contribution in [0.5, 0.6) is 0 Å². The summed E-state index contributed by atoms with van der Waals surface area (Å²) in [7, 11) is 1.42. The largest absolute Gasteiger partial charge is 0.309 e. The molecule has 0 spiro atoms. The lowest BCUT2D eigenvalue weighted by molar-refractivity contribution is 0.609. The van der Waals surface area contributed by atoms with Crippen LogP contribution in [0.15, 0.2) is 23.0 Å². The molecule has 0 aliphatic rings. The average molecular weight is 209 g/mol. The topological polar surface area (TPSA) is 22.0 Å². The molecule has 0 fully saturated rings. The molecule has 0 atom stereocenters. The third-order valence-electron chi connectivity index (χ3n) is 2.48. The molecule has 2 nitrogen and oxygen atoms in total. The third kappa shape index (κ3) is 1.33. The summed E-state index contributed by atoms with van der Waals surface area (Å²) < 4.78 is 28.0. The quantitative estimate of drug-likeness (QED) is 0.651. The fraction of sp³-hybridized carbons (Fsp3) is 0.182. The normalized spacial score (nSPS) is 10.9. The lowest BCUT2D eigenvalue weighted by Gasteiger charge is -2.08. The minimum Gasteiger partial charge on any atom is -0.309 e. The molecule has 1 aromatic heterocycles. The number of pyridine rings is 1. The molecule has 0 N–H and O–H groups in total. The molecule has 2 aromatic rings. The molecule has 0 aliphatic carbocycles. The van der Waals surface area contributed by atoms with Gasteiger partial charge in [-0.15, -0.1) is 0 Å². The highest BCUT2D eigenvalue weighted by molar-refractivity contribution is 5.83. The molecule has 0 radical (unpaired) electrons. The molecule has 78 valence electrons. The van der Waals surface area contributed by atoms with Crippen molar-refractivity contribution in [1.29, 1.82) is 0 Å². The van der Waals surface area contributed by atoms with Crippen molar-refractivity contribution >= 4 is 10.9 Å². The Morgan fingerprint density at radius 3 is 2.47 bits per heavy atom. The fourth-order valence-electron chi connectivity index (χ4n) is 1.71. The van der Waals surface area contributed by atoms with Crippen molar-refractivity contribution in [1.82, 2.24) is 4.57 Å². The lowest BCUT2D eigenvalue weighted by atomic mass is 10.1. The van der Waals surface area contributed by atoms with Crippen molar-refractivity contribution in [2.75, 3.05) is 0 Å². The number of aromatic nitrogens is 1. The van der Waals surface area contributed by atoms with Crippen LogP contribution in [-0.4, -0.2) is 4.57 Å². The van der Waals surface area contributed by atoms with E-state index in [2.05, 4.69) is 0 Å². The second kappa shape index (κ2) is 3.15. The van der Waals surface area contributed by atoms with Gasteiger partial charge < -0.3 is 4.57 Å². The van der Waals surface area contributed by atoms with E-state index in [0.29, 0.717) is 5.56 Å². The molecule has 0 unspecified atom stereocenters. The van der Waals surface area contributed by atoms with E-state index in [4.69, 9.17) is 0 Å². The van der Waals surface area contributed by atoms with Crippen molar-refractivity contribution in [3.8, 4) is 0 Å². The van der Waals surface area contributed by atoms with Gasteiger partial charge in [0.15, 0.2) is 0 Å². The average Bonchev–Trinajstić information content (AvgIpc) is 2.18. The van der Waals surface area contributed by atoms with Gasteiger partial charge in [-0.25, -0.2) is 8.78 Å². The van der Waals surface area contributed by atoms with E-state index in [1.807, 2.05) is 0 Å². The Hall–Kier alpha value is -1.71. The monoisotopic (exact) mass is 209 g/mol. The van der Waals surface area contributed by atoms with E-state index < -0.39 is 11.6 Å². The van der Waals surface area contributed by atoms with Crippen LogP contribution in [0.2, 0.25) is 0 Å². The maximum atomic E-state index is 13.5. The third-order valence-corrected chi connectivity index (χ3v) is 2.48. The van der Waals surface area contributed by atoms with Crippen LogP contribution in [0.3, 0.4) is 0 Å². The Labute approximate surface area is 84.8 Å². The van der Waals surface area contributed by atoms with Gasteiger partial charge in [-0.2, -0.15) is 0 Å². The minimum atomic E-state index is -0.588. The van der Waals surface area contributed by atoms with Gasteiger partial charge in [-0.1, -0.05) is 0 Å². The van der Waals surface area contributed by atoms with Crippen LogP contribution in [0.25, 0.3) is 10.9 Å². The SMILES string of the molecule is Cc1cc(=O)n(C)c2c(F)ccc(F)c12. The number of benzene rings is 1. The van der Waals surface area contributed by atoms with Crippen LogP contribution in [0, 0.1) is 18.6 Å². The first kappa shape index (κ1) is 9.83. The van der Waals surface area contributed by atoms with E-state index >= 15 is 0 Å². The van der Waals surface area contributed by atoms with Crippen molar-refractivity contribution < 1.29 is 8.78 Å². The zero-order valence-corrected chi connectivity index (χ0v) is 8.34. The van der Waals surface area contributed by atoms with E-state index in [9.17, 15) is 13.6 Å². The predicted octanol–water partition coefficient (Wildman–Crippen LogP) is 2.13. The molecule has 1 heterocycles. The predicted molar refractivity (Wildman–Crippen MR) is 53.8 cm³/mol. The molecular formula is C11H9F2NO. The molecule has 4 heteroatoms. The summed E-state index contributed by atoms with van der Waals surface area (Å²) in [6.45, 7) is 1.59. The lowest BCUT2D eigenvalue weighted by Crippen LogP contribution is -2.17. The summed E-state index contributed by atoms with van der Waals surface area (Å²) in [6, 6.07) is 3.39. The standard InChI is InChI=1S/C11H9F2NO/c1-6-5-9(15)14(2)11-8(13)4-3-7(12)10(6)11/h3-5H,1-2H3. The van der Waals surface area contributed by atoms with Crippen molar-refractivity contribution in [3.05, 3.63) is 45.8 Å². The summed E-state index contributed by atoms with van der Waals surface area (Å²) >= 11 is 0. The zero-order chi connectivity index (χ0) is 11.2. The number of aryl methyl sites for hydroxylation is 2. The zero-order valence-electron chi connectivity index (χ0n) is 8.34. The van der Waals surface area contributed by atoms with Crippen LogP contribution >= 0.6 is 0 Å². The first-order valence-electron chi connectivity index (χ1n) is 4.46. The molecule has 0 saturated heterocycles. The van der Waals surface area contributed by atoms with Crippen molar-refractivity contribution in [3.63, 3.8) is 0 Å². The second-order valence-electron chi connectivity index (χ2n) is 3.48. The Morgan fingerprint density at radius 2 is 1.80 bits per heavy atom. The van der Waals surface area contributed by atoms with Gasteiger partial charge >= 0.3 is 0 Å². The van der Waals surface area contributed by atoms with Gasteiger partial charge in [-0.05, 0) is 24.6 Å². The van der Waals surface area contributed by atoms with Crippen LogP contribution in [0.4, 0.5) is 8.78 Å². The highest BCUT2D eigenvalue weighted by Crippen LogP contribution is 2.22. The fourth-order valence-corrected chi connectivity index (χ4v) is 1.71. The van der Waals surface area contributed by atoms with Gasteiger partial charge in [0, 0.05) is 18.5 Å². The molecule has 0 saturated carbocycles.